The van der Waals surface area contributed by atoms with Crippen molar-refractivity contribution in [2.45, 2.75) is 58.4 Å². The molecular formula is C14H28N2. The second kappa shape index (κ2) is 5.50. The first-order valence-electron chi connectivity index (χ1n) is 7.12. The van der Waals surface area contributed by atoms with Gasteiger partial charge in [0.05, 0.1) is 0 Å². The van der Waals surface area contributed by atoms with Crippen molar-refractivity contribution in [2.75, 3.05) is 26.2 Å². The van der Waals surface area contributed by atoms with E-state index in [-0.39, 0.29) is 0 Å². The maximum Gasteiger partial charge on any atom is 0.00955 e. The smallest absolute Gasteiger partial charge is 0.00955 e. The Kier molecular flexibility index (Phi) is 4.26. The third-order valence-corrected chi connectivity index (χ3v) is 4.12. The van der Waals surface area contributed by atoms with Crippen molar-refractivity contribution in [3.05, 3.63) is 0 Å². The van der Waals surface area contributed by atoms with E-state index in [1.165, 1.54) is 64.7 Å². The van der Waals surface area contributed by atoms with E-state index in [1.54, 1.807) is 0 Å². The summed E-state index contributed by atoms with van der Waals surface area (Å²) in [6.45, 7) is 9.77. The number of hydrogen-bond acceptors (Lipinski definition) is 2. The Bertz CT molecular complexity index is 207. The zero-order valence-electron chi connectivity index (χ0n) is 11.1. The second-order valence-corrected chi connectivity index (χ2v) is 6.46. The lowest BCUT2D eigenvalue weighted by Crippen LogP contribution is -2.48. The quantitative estimate of drug-likeness (QED) is 0.736. The zero-order valence-corrected chi connectivity index (χ0v) is 11.1. The van der Waals surface area contributed by atoms with Crippen molar-refractivity contribution in [3.63, 3.8) is 0 Å². The fraction of sp³-hybridized carbons (Fsp3) is 1.00. The summed E-state index contributed by atoms with van der Waals surface area (Å²) >= 11 is 0. The molecule has 2 nitrogen and oxygen atoms in total. The van der Waals surface area contributed by atoms with E-state index >= 15 is 0 Å². The van der Waals surface area contributed by atoms with Crippen molar-refractivity contribution in [3.8, 4) is 0 Å². The highest BCUT2D eigenvalue weighted by molar-refractivity contribution is 4.84. The zero-order chi connectivity index (χ0) is 11.4. The second-order valence-electron chi connectivity index (χ2n) is 6.46. The van der Waals surface area contributed by atoms with Crippen LogP contribution in [-0.4, -0.2) is 37.1 Å². The minimum atomic E-state index is 0.442. The standard InChI is InChI=1S/C14H28N2/c1-14(2)11-15-9-6-10-16(12-14)13-7-4-3-5-8-13/h13,15H,3-12H2,1-2H3. The van der Waals surface area contributed by atoms with Crippen LogP contribution in [0.15, 0.2) is 0 Å². The largest absolute Gasteiger partial charge is 0.316 e. The van der Waals surface area contributed by atoms with Crippen LogP contribution in [0.5, 0.6) is 0 Å². The molecular weight excluding hydrogens is 196 g/mol. The van der Waals surface area contributed by atoms with Gasteiger partial charge in [-0.15, -0.1) is 0 Å². The summed E-state index contributed by atoms with van der Waals surface area (Å²) in [5.74, 6) is 0. The molecule has 1 N–H and O–H groups in total. The first-order valence-corrected chi connectivity index (χ1v) is 7.12. The van der Waals surface area contributed by atoms with Crippen molar-refractivity contribution in [1.82, 2.24) is 10.2 Å². The summed E-state index contributed by atoms with van der Waals surface area (Å²) in [5.41, 5.74) is 0.442. The highest BCUT2D eigenvalue weighted by Gasteiger charge is 2.28. The summed E-state index contributed by atoms with van der Waals surface area (Å²) in [6, 6.07) is 0.895. The number of nitrogens with zero attached hydrogens (tertiary/aromatic N) is 1. The minimum absolute atomic E-state index is 0.442. The van der Waals surface area contributed by atoms with E-state index in [2.05, 4.69) is 24.1 Å². The number of hydrogen-bond donors (Lipinski definition) is 1. The molecule has 2 aliphatic rings. The maximum atomic E-state index is 3.57. The highest BCUT2D eigenvalue weighted by Crippen LogP contribution is 2.26. The van der Waals surface area contributed by atoms with Gasteiger partial charge in [-0.05, 0) is 37.8 Å². The molecule has 2 heteroatoms. The molecule has 94 valence electrons. The molecule has 1 aliphatic carbocycles. The molecule has 1 saturated heterocycles. The van der Waals surface area contributed by atoms with Crippen LogP contribution in [0.1, 0.15) is 52.4 Å². The van der Waals surface area contributed by atoms with Crippen LogP contribution in [0, 0.1) is 5.41 Å². The van der Waals surface area contributed by atoms with Gasteiger partial charge in [0.25, 0.3) is 0 Å². The van der Waals surface area contributed by atoms with E-state index in [4.69, 9.17) is 0 Å². The summed E-state index contributed by atoms with van der Waals surface area (Å²) < 4.78 is 0. The third kappa shape index (κ3) is 3.46. The topological polar surface area (TPSA) is 15.3 Å². The highest BCUT2D eigenvalue weighted by atomic mass is 15.2. The average Bonchev–Trinajstić information content (AvgIpc) is 2.25. The molecule has 0 amide bonds. The molecule has 0 atom stereocenters. The monoisotopic (exact) mass is 224 g/mol. The Labute approximate surface area is 101 Å². The van der Waals surface area contributed by atoms with Crippen LogP contribution >= 0.6 is 0 Å². The van der Waals surface area contributed by atoms with Crippen molar-refractivity contribution >= 4 is 0 Å². The Balaban J connectivity index is 1.94. The number of nitrogens with one attached hydrogen (secondary N) is 1. The van der Waals surface area contributed by atoms with Crippen LogP contribution in [0.2, 0.25) is 0 Å². The Hall–Kier alpha value is -0.0800. The SMILES string of the molecule is CC1(C)CNCCCN(C2CCCCC2)C1. The van der Waals surface area contributed by atoms with E-state index < -0.39 is 0 Å². The van der Waals surface area contributed by atoms with Crippen molar-refractivity contribution < 1.29 is 0 Å². The normalized spacial score (nSPS) is 29.6. The molecule has 0 radical (unpaired) electrons. The molecule has 0 unspecified atom stereocenters. The van der Waals surface area contributed by atoms with Crippen LogP contribution in [0.25, 0.3) is 0 Å². The molecule has 16 heavy (non-hydrogen) atoms. The van der Waals surface area contributed by atoms with Gasteiger partial charge in [-0.2, -0.15) is 0 Å². The molecule has 0 aromatic carbocycles. The predicted molar refractivity (Wildman–Crippen MR) is 69.7 cm³/mol. The molecule has 0 aromatic heterocycles. The van der Waals surface area contributed by atoms with Gasteiger partial charge in [-0.3, -0.25) is 4.90 Å². The van der Waals surface area contributed by atoms with E-state index in [9.17, 15) is 0 Å². The van der Waals surface area contributed by atoms with E-state index in [0.29, 0.717) is 5.41 Å². The van der Waals surface area contributed by atoms with Crippen LogP contribution < -0.4 is 5.32 Å². The van der Waals surface area contributed by atoms with Gasteiger partial charge >= 0.3 is 0 Å². The molecule has 1 aliphatic heterocycles. The lowest BCUT2D eigenvalue weighted by molar-refractivity contribution is 0.0917. The van der Waals surface area contributed by atoms with Gasteiger partial charge in [0.15, 0.2) is 0 Å². The molecule has 1 saturated carbocycles. The molecule has 0 spiro atoms. The molecule has 0 aromatic rings. The van der Waals surface area contributed by atoms with Gasteiger partial charge in [-0.25, -0.2) is 0 Å². The van der Waals surface area contributed by atoms with Gasteiger partial charge in [0.1, 0.15) is 0 Å². The average molecular weight is 224 g/mol. The molecule has 2 rings (SSSR count). The van der Waals surface area contributed by atoms with Crippen molar-refractivity contribution in [2.24, 2.45) is 5.41 Å². The summed E-state index contributed by atoms with van der Waals surface area (Å²) in [4.78, 5) is 2.79. The van der Waals surface area contributed by atoms with Gasteiger partial charge in [-0.1, -0.05) is 33.1 Å². The third-order valence-electron chi connectivity index (χ3n) is 4.12. The minimum Gasteiger partial charge on any atom is -0.316 e. The lowest BCUT2D eigenvalue weighted by Gasteiger charge is -2.41. The summed E-state index contributed by atoms with van der Waals surface area (Å²) in [6.07, 6.45) is 8.61. The van der Waals surface area contributed by atoms with Crippen LogP contribution in [0.4, 0.5) is 0 Å². The molecule has 0 bridgehead atoms. The first kappa shape index (κ1) is 12.4. The van der Waals surface area contributed by atoms with Gasteiger partial charge in [0, 0.05) is 19.1 Å². The Morgan fingerprint density at radius 2 is 1.81 bits per heavy atom. The lowest BCUT2D eigenvalue weighted by atomic mass is 9.88. The Morgan fingerprint density at radius 3 is 2.56 bits per heavy atom. The summed E-state index contributed by atoms with van der Waals surface area (Å²) in [5, 5.41) is 3.57. The molecule has 2 fully saturated rings. The fourth-order valence-electron chi connectivity index (χ4n) is 3.28. The van der Waals surface area contributed by atoms with Crippen molar-refractivity contribution in [1.29, 1.82) is 0 Å². The van der Waals surface area contributed by atoms with E-state index in [0.717, 1.165) is 6.04 Å². The summed E-state index contributed by atoms with van der Waals surface area (Å²) in [7, 11) is 0. The first-order chi connectivity index (χ1) is 7.67. The number of rotatable bonds is 1. The Morgan fingerprint density at radius 1 is 1.06 bits per heavy atom. The van der Waals surface area contributed by atoms with Gasteiger partial charge < -0.3 is 5.32 Å². The van der Waals surface area contributed by atoms with Gasteiger partial charge in [0.2, 0.25) is 0 Å². The van der Waals surface area contributed by atoms with Crippen LogP contribution in [0.3, 0.4) is 0 Å². The fourth-order valence-corrected chi connectivity index (χ4v) is 3.28. The predicted octanol–water partition coefficient (Wildman–Crippen LogP) is 2.64. The maximum absolute atomic E-state index is 3.57. The van der Waals surface area contributed by atoms with E-state index in [1.807, 2.05) is 0 Å². The van der Waals surface area contributed by atoms with Crippen LogP contribution in [-0.2, 0) is 0 Å². The molecule has 1 heterocycles.